The first-order valence-electron chi connectivity index (χ1n) is 3.47. The molecular weight excluding hydrogens is 259 g/mol. The van der Waals surface area contributed by atoms with Crippen molar-refractivity contribution in [1.82, 2.24) is 0 Å². The van der Waals surface area contributed by atoms with E-state index in [4.69, 9.17) is 0 Å². The van der Waals surface area contributed by atoms with Crippen molar-refractivity contribution in [2.45, 2.75) is 19.1 Å². The molecule has 0 N–H and O–H groups in total. The van der Waals surface area contributed by atoms with Crippen molar-refractivity contribution in [1.29, 1.82) is 0 Å². The molecule has 5 nitrogen and oxygen atoms in total. The first kappa shape index (κ1) is 17.6. The summed E-state index contributed by atoms with van der Waals surface area (Å²) in [4.78, 5) is 0. The van der Waals surface area contributed by atoms with E-state index < -0.39 is 30.7 Å². The Bertz CT molecular complexity index is 344. The summed E-state index contributed by atoms with van der Waals surface area (Å²) in [6.45, 7) is 2.61. The zero-order chi connectivity index (χ0) is 10.7. The van der Waals surface area contributed by atoms with Crippen LogP contribution in [0, 0.1) is 0 Å². The molecule has 0 aromatic carbocycles. The SMILES string of the molecule is CC(C)S(=O)(=O)CCOS(=O)([O-])=S.[Na+]. The van der Waals surface area contributed by atoms with Gasteiger partial charge in [-0.25, -0.2) is 12.6 Å². The van der Waals surface area contributed by atoms with Crippen LogP contribution < -0.4 is 29.6 Å². The zero-order valence-electron chi connectivity index (χ0n) is 8.26. The molecule has 0 fully saturated rings. The average molecular weight is 270 g/mol. The van der Waals surface area contributed by atoms with Crippen molar-refractivity contribution in [3.63, 3.8) is 0 Å². The number of rotatable bonds is 5. The topological polar surface area (TPSA) is 83.5 Å². The summed E-state index contributed by atoms with van der Waals surface area (Å²) in [5.41, 5.74) is 0. The normalized spacial score (nSPS) is 16.0. The second-order valence-electron chi connectivity index (χ2n) is 2.65. The van der Waals surface area contributed by atoms with E-state index in [0.717, 1.165) is 0 Å². The van der Waals surface area contributed by atoms with E-state index in [-0.39, 0.29) is 35.3 Å². The summed E-state index contributed by atoms with van der Waals surface area (Å²) < 4.78 is 46.9. The van der Waals surface area contributed by atoms with Gasteiger partial charge in [0.15, 0.2) is 9.84 Å². The van der Waals surface area contributed by atoms with Crippen molar-refractivity contribution < 1.29 is 50.9 Å². The van der Waals surface area contributed by atoms with Gasteiger partial charge in [0.25, 0.3) is 0 Å². The van der Waals surface area contributed by atoms with E-state index in [1.807, 2.05) is 0 Å². The van der Waals surface area contributed by atoms with Crippen LogP contribution >= 0.6 is 0 Å². The molecule has 0 radical (unpaired) electrons. The average Bonchev–Trinajstić information content (AvgIpc) is 1.82. The third-order valence-electron chi connectivity index (χ3n) is 1.31. The number of hydrogen-bond acceptors (Lipinski definition) is 6. The molecule has 1 unspecified atom stereocenters. The van der Waals surface area contributed by atoms with Crippen LogP contribution in [0.25, 0.3) is 0 Å². The summed E-state index contributed by atoms with van der Waals surface area (Å²) in [6.07, 6.45) is 0. The Labute approximate surface area is 112 Å². The van der Waals surface area contributed by atoms with Crippen LogP contribution in [0.15, 0.2) is 0 Å². The molecule has 0 spiro atoms. The molecule has 1 atom stereocenters. The molecule has 0 amide bonds. The van der Waals surface area contributed by atoms with Crippen LogP contribution in [-0.4, -0.2) is 34.8 Å². The Balaban J connectivity index is 0. The third-order valence-corrected chi connectivity index (χ3v) is 4.23. The van der Waals surface area contributed by atoms with E-state index in [1.54, 1.807) is 0 Å². The van der Waals surface area contributed by atoms with Crippen LogP contribution in [-0.2, 0) is 34.3 Å². The Kier molecular flexibility index (Phi) is 8.49. The summed E-state index contributed by atoms with van der Waals surface area (Å²) in [6, 6.07) is 0. The van der Waals surface area contributed by atoms with Gasteiger partial charge in [-0.3, -0.25) is 4.18 Å². The largest absolute Gasteiger partial charge is 1.00 e. The molecule has 9 heteroatoms. The van der Waals surface area contributed by atoms with Gasteiger partial charge in [0, 0.05) is 0 Å². The Morgan fingerprint density at radius 3 is 2.07 bits per heavy atom. The molecule has 0 saturated carbocycles. The third kappa shape index (κ3) is 8.54. The molecule has 0 aromatic rings. The van der Waals surface area contributed by atoms with E-state index >= 15 is 0 Å². The number of hydrogen-bond donors (Lipinski definition) is 0. The van der Waals surface area contributed by atoms with Crippen LogP contribution in [0.2, 0.25) is 0 Å². The summed E-state index contributed by atoms with van der Waals surface area (Å²) in [5.74, 6) is -0.333. The summed E-state index contributed by atoms with van der Waals surface area (Å²) in [5, 5.41) is -0.538. The molecule has 0 aliphatic rings. The molecule has 14 heavy (non-hydrogen) atoms. The predicted octanol–water partition coefficient (Wildman–Crippen LogP) is -3.38. The molecule has 0 saturated heterocycles. The van der Waals surface area contributed by atoms with Gasteiger partial charge in [0.2, 0.25) is 0 Å². The molecule has 0 aliphatic carbocycles. The molecule has 0 aromatic heterocycles. The minimum absolute atomic E-state index is 0. The van der Waals surface area contributed by atoms with Gasteiger partial charge < -0.3 is 4.55 Å². The van der Waals surface area contributed by atoms with Crippen molar-refractivity contribution >= 4 is 30.1 Å². The number of sulfone groups is 1. The van der Waals surface area contributed by atoms with E-state index in [2.05, 4.69) is 15.4 Å². The fourth-order valence-electron chi connectivity index (χ4n) is 0.488. The minimum Gasteiger partial charge on any atom is -0.748 e. The van der Waals surface area contributed by atoms with Crippen molar-refractivity contribution in [2.75, 3.05) is 12.4 Å². The van der Waals surface area contributed by atoms with Crippen LogP contribution in [0.1, 0.15) is 13.8 Å². The molecule has 0 aliphatic heterocycles. The van der Waals surface area contributed by atoms with Gasteiger partial charge in [-0.1, -0.05) is 0 Å². The fourth-order valence-corrected chi connectivity index (χ4v) is 1.87. The summed E-state index contributed by atoms with van der Waals surface area (Å²) in [7, 11) is -7.21. The van der Waals surface area contributed by atoms with Gasteiger partial charge in [0.05, 0.1) is 26.7 Å². The van der Waals surface area contributed by atoms with Crippen LogP contribution in [0.4, 0.5) is 0 Å². The van der Waals surface area contributed by atoms with Gasteiger partial charge in [-0.2, -0.15) is 0 Å². The van der Waals surface area contributed by atoms with Gasteiger partial charge in [0.1, 0.15) is 0 Å². The minimum atomic E-state index is -3.95. The second kappa shape index (κ2) is 6.74. The predicted molar refractivity (Wildman–Crippen MR) is 51.2 cm³/mol. The molecule has 0 heterocycles. The molecule has 0 rings (SSSR count). The Morgan fingerprint density at radius 1 is 1.36 bits per heavy atom. The van der Waals surface area contributed by atoms with Gasteiger partial charge >= 0.3 is 29.6 Å². The fraction of sp³-hybridized carbons (Fsp3) is 1.00. The smallest absolute Gasteiger partial charge is 0.748 e. The van der Waals surface area contributed by atoms with Gasteiger partial charge in [-0.05, 0) is 25.0 Å². The van der Waals surface area contributed by atoms with Crippen molar-refractivity contribution in [3.05, 3.63) is 0 Å². The van der Waals surface area contributed by atoms with E-state index in [9.17, 15) is 17.2 Å². The zero-order valence-corrected chi connectivity index (χ0v) is 12.7. The van der Waals surface area contributed by atoms with Crippen molar-refractivity contribution in [2.24, 2.45) is 0 Å². The molecule has 0 bridgehead atoms. The maximum absolute atomic E-state index is 11.1. The molecular formula is C5H11NaO5S3. The van der Waals surface area contributed by atoms with E-state index in [0.29, 0.717) is 0 Å². The first-order chi connectivity index (χ1) is 5.65. The standard InChI is InChI=1S/C5H12O5S3.Na/c1-5(2)12(6,7)4-3-10-13(8,9)11;/h5H,3-4H2,1-2H3,(H,8,9,11);/q;+1/p-1. The van der Waals surface area contributed by atoms with Crippen molar-refractivity contribution in [3.8, 4) is 0 Å². The van der Waals surface area contributed by atoms with Crippen LogP contribution in [0.3, 0.4) is 0 Å². The van der Waals surface area contributed by atoms with E-state index in [1.165, 1.54) is 13.8 Å². The second-order valence-corrected chi connectivity index (χ2v) is 7.60. The Hall–Kier alpha value is 1.24. The Morgan fingerprint density at radius 2 is 1.79 bits per heavy atom. The quantitative estimate of drug-likeness (QED) is 0.485. The van der Waals surface area contributed by atoms with Crippen LogP contribution in [0.5, 0.6) is 0 Å². The maximum Gasteiger partial charge on any atom is 1.00 e. The molecule has 80 valence electrons. The van der Waals surface area contributed by atoms with Gasteiger partial charge in [-0.15, -0.1) is 0 Å². The monoisotopic (exact) mass is 270 g/mol. The first-order valence-corrected chi connectivity index (χ1v) is 7.52. The maximum atomic E-state index is 11.1. The summed E-state index contributed by atoms with van der Waals surface area (Å²) >= 11 is 3.89.